The fraction of sp³-hybridized carbons (Fsp3) is 0.483. The molecule has 2 amide bonds. The standard InChI is InChI=1S/C29H37N5O3Si/c1-19(37-38(5,6)29(2,3)4)27-31-13-14-33(27)16-22-15-26(36-32-22)21-10-7-20(8-11-21)9-12-23-24-17-34(28(30)35)18-25(23)24/h7-8,10-11,13-15,19,23-25H,16-18H2,1-6H3,(H2,30,35)/t19-,23?,24-,25+/m0/s1. The molecular weight excluding hydrogens is 494 g/mol. The number of likely N-dealkylation sites (tertiary alicyclic amines) is 1. The Kier molecular flexibility index (Phi) is 6.74. The molecule has 0 spiro atoms. The summed E-state index contributed by atoms with van der Waals surface area (Å²) in [5.41, 5.74) is 8.11. The average Bonchev–Trinajstić information content (AvgIpc) is 3.33. The first-order valence-electron chi connectivity index (χ1n) is 13.2. The van der Waals surface area contributed by atoms with Gasteiger partial charge >= 0.3 is 6.03 Å². The molecule has 38 heavy (non-hydrogen) atoms. The molecule has 1 aliphatic carbocycles. The monoisotopic (exact) mass is 531 g/mol. The van der Waals surface area contributed by atoms with Crippen molar-refractivity contribution in [3.05, 3.63) is 59.8 Å². The van der Waals surface area contributed by atoms with Crippen LogP contribution in [0.4, 0.5) is 4.79 Å². The van der Waals surface area contributed by atoms with Crippen LogP contribution in [0.3, 0.4) is 0 Å². The van der Waals surface area contributed by atoms with Gasteiger partial charge in [0.15, 0.2) is 14.1 Å². The maximum atomic E-state index is 11.3. The summed E-state index contributed by atoms with van der Waals surface area (Å²) in [5, 5.41) is 4.43. The van der Waals surface area contributed by atoms with Gasteiger partial charge in [0.25, 0.3) is 0 Å². The van der Waals surface area contributed by atoms with E-state index in [0.717, 1.165) is 41.5 Å². The first kappa shape index (κ1) is 26.3. The highest BCUT2D eigenvalue weighted by atomic mass is 28.4. The molecule has 8 nitrogen and oxygen atoms in total. The van der Waals surface area contributed by atoms with Gasteiger partial charge in [0.2, 0.25) is 0 Å². The lowest BCUT2D eigenvalue weighted by Crippen LogP contribution is -2.41. The van der Waals surface area contributed by atoms with E-state index in [0.29, 0.717) is 24.3 Å². The zero-order chi connectivity index (χ0) is 27.2. The van der Waals surface area contributed by atoms with E-state index in [1.54, 1.807) is 4.90 Å². The zero-order valence-corrected chi connectivity index (χ0v) is 24.1. The van der Waals surface area contributed by atoms with Crippen LogP contribution >= 0.6 is 0 Å². The molecule has 2 N–H and O–H groups in total. The van der Waals surface area contributed by atoms with Crippen LogP contribution in [0.5, 0.6) is 0 Å². The van der Waals surface area contributed by atoms with Crippen molar-refractivity contribution < 1.29 is 13.7 Å². The Hall–Kier alpha value is -3.35. The van der Waals surface area contributed by atoms with E-state index in [4.69, 9.17) is 14.7 Å². The minimum absolute atomic E-state index is 0.108. The molecule has 3 heterocycles. The highest BCUT2D eigenvalue weighted by molar-refractivity contribution is 6.74. The summed E-state index contributed by atoms with van der Waals surface area (Å²) in [6, 6.07) is 9.67. The van der Waals surface area contributed by atoms with Crippen LogP contribution in [-0.2, 0) is 11.0 Å². The highest BCUT2D eigenvalue weighted by Gasteiger charge is 2.55. The Balaban J connectivity index is 1.20. The molecule has 200 valence electrons. The zero-order valence-electron chi connectivity index (χ0n) is 23.1. The second-order valence-corrected chi connectivity index (χ2v) is 16.8. The SMILES string of the molecule is C[C@H](O[Si](C)(C)C(C)(C)C)c1nccn1Cc1cc(-c2ccc(C#CC3[C@H]4CN(C(N)=O)C[C@@H]34)cc2)on1. The normalized spacial score (nSPS) is 21.5. The van der Waals surface area contributed by atoms with Crippen molar-refractivity contribution in [2.24, 2.45) is 23.5 Å². The maximum absolute atomic E-state index is 11.3. The second kappa shape index (κ2) is 9.75. The Morgan fingerprint density at radius 1 is 1.24 bits per heavy atom. The number of aromatic nitrogens is 3. The molecule has 2 aromatic heterocycles. The van der Waals surface area contributed by atoms with E-state index < -0.39 is 8.32 Å². The fourth-order valence-corrected chi connectivity index (χ4v) is 6.33. The Morgan fingerprint density at radius 3 is 2.55 bits per heavy atom. The lowest BCUT2D eigenvalue weighted by Gasteiger charge is -2.38. The van der Waals surface area contributed by atoms with Crippen molar-refractivity contribution in [1.29, 1.82) is 0 Å². The van der Waals surface area contributed by atoms with Gasteiger partial charge in [0, 0.05) is 48.6 Å². The first-order valence-corrected chi connectivity index (χ1v) is 16.1. The summed E-state index contributed by atoms with van der Waals surface area (Å²) in [4.78, 5) is 17.6. The molecule has 2 aliphatic rings. The number of hydrogen-bond acceptors (Lipinski definition) is 5. The van der Waals surface area contributed by atoms with Gasteiger partial charge in [-0.05, 0) is 61.2 Å². The molecule has 1 aliphatic heterocycles. The summed E-state index contributed by atoms with van der Waals surface area (Å²) in [6.45, 7) is 15.3. The van der Waals surface area contributed by atoms with Crippen LogP contribution in [0, 0.1) is 29.6 Å². The molecule has 1 saturated heterocycles. The number of imidazole rings is 1. The molecule has 0 radical (unpaired) electrons. The largest absolute Gasteiger partial charge is 0.407 e. The number of benzene rings is 1. The maximum Gasteiger partial charge on any atom is 0.314 e. The smallest absolute Gasteiger partial charge is 0.314 e. The third-order valence-electron chi connectivity index (χ3n) is 8.34. The van der Waals surface area contributed by atoms with Crippen molar-refractivity contribution in [1.82, 2.24) is 19.6 Å². The number of carbonyl (C=O) groups excluding carboxylic acids is 1. The molecule has 1 aromatic carbocycles. The molecule has 3 aromatic rings. The number of piperidine rings is 1. The summed E-state index contributed by atoms with van der Waals surface area (Å²) >= 11 is 0. The molecule has 2 fully saturated rings. The highest BCUT2D eigenvalue weighted by Crippen LogP contribution is 2.51. The number of urea groups is 1. The molecular formula is C29H37N5O3Si. The molecule has 9 heteroatoms. The van der Waals surface area contributed by atoms with E-state index >= 15 is 0 Å². The number of fused-ring (bicyclic) bond motifs is 1. The summed E-state index contributed by atoms with van der Waals surface area (Å²) in [6.07, 6.45) is 3.66. The topological polar surface area (TPSA) is 99.4 Å². The van der Waals surface area contributed by atoms with E-state index in [2.05, 4.69) is 67.3 Å². The minimum Gasteiger partial charge on any atom is -0.407 e. The molecule has 1 saturated carbocycles. The number of nitrogens with two attached hydrogens (primary N) is 1. The van der Waals surface area contributed by atoms with E-state index in [-0.39, 0.29) is 17.2 Å². The number of carbonyl (C=O) groups is 1. The van der Waals surface area contributed by atoms with Crippen LogP contribution in [0.2, 0.25) is 18.1 Å². The molecule has 4 atom stereocenters. The van der Waals surface area contributed by atoms with Gasteiger partial charge in [-0.15, -0.1) is 0 Å². The first-order chi connectivity index (χ1) is 17.9. The van der Waals surface area contributed by atoms with Crippen LogP contribution in [0.1, 0.15) is 50.9 Å². The van der Waals surface area contributed by atoms with Gasteiger partial charge < -0.3 is 24.1 Å². The van der Waals surface area contributed by atoms with Crippen LogP contribution < -0.4 is 5.73 Å². The van der Waals surface area contributed by atoms with Crippen LogP contribution in [0.15, 0.2) is 47.2 Å². The van der Waals surface area contributed by atoms with E-state index in [9.17, 15) is 4.79 Å². The predicted molar refractivity (Wildman–Crippen MR) is 148 cm³/mol. The van der Waals surface area contributed by atoms with Gasteiger partial charge in [0.05, 0.1) is 6.54 Å². The summed E-state index contributed by atoms with van der Waals surface area (Å²) in [5.74, 6) is 9.58. The minimum atomic E-state index is -1.92. The number of primary amides is 1. The van der Waals surface area contributed by atoms with Crippen molar-refractivity contribution in [2.45, 2.75) is 58.5 Å². The van der Waals surface area contributed by atoms with E-state index in [1.807, 2.05) is 42.7 Å². The number of rotatable bonds is 6. The van der Waals surface area contributed by atoms with Gasteiger partial charge in [-0.25, -0.2) is 9.78 Å². The van der Waals surface area contributed by atoms with Gasteiger partial charge in [0.1, 0.15) is 17.6 Å². The number of amides is 2. The van der Waals surface area contributed by atoms with Gasteiger partial charge in [-0.1, -0.05) is 37.8 Å². The molecule has 1 unspecified atom stereocenters. The van der Waals surface area contributed by atoms with Crippen LogP contribution in [-0.4, -0.2) is 47.0 Å². The van der Waals surface area contributed by atoms with Gasteiger partial charge in [-0.2, -0.15) is 0 Å². The molecule has 0 bridgehead atoms. The lowest BCUT2D eigenvalue weighted by atomic mass is 10.1. The number of hydrogen-bond donors (Lipinski definition) is 1. The Labute approximate surface area is 225 Å². The summed E-state index contributed by atoms with van der Waals surface area (Å²) < 4.78 is 14.3. The fourth-order valence-electron chi connectivity index (χ4n) is 4.99. The van der Waals surface area contributed by atoms with E-state index in [1.165, 1.54) is 0 Å². The van der Waals surface area contributed by atoms with Crippen molar-refractivity contribution in [3.8, 4) is 23.2 Å². The average molecular weight is 532 g/mol. The lowest BCUT2D eigenvalue weighted by molar-refractivity contribution is 0.189. The Morgan fingerprint density at radius 2 is 1.92 bits per heavy atom. The van der Waals surface area contributed by atoms with Crippen molar-refractivity contribution >= 4 is 14.3 Å². The van der Waals surface area contributed by atoms with Crippen molar-refractivity contribution in [3.63, 3.8) is 0 Å². The van der Waals surface area contributed by atoms with Crippen LogP contribution in [0.25, 0.3) is 11.3 Å². The quantitative estimate of drug-likeness (QED) is 0.345. The third-order valence-corrected chi connectivity index (χ3v) is 12.9. The summed E-state index contributed by atoms with van der Waals surface area (Å²) in [7, 11) is -1.92. The van der Waals surface area contributed by atoms with Gasteiger partial charge in [-0.3, -0.25) is 0 Å². The predicted octanol–water partition coefficient (Wildman–Crippen LogP) is 5.28. The number of nitrogens with zero attached hydrogens (tertiary/aromatic N) is 4. The molecule has 5 rings (SSSR count). The van der Waals surface area contributed by atoms with Crippen molar-refractivity contribution in [2.75, 3.05) is 13.1 Å². The second-order valence-electron chi connectivity index (χ2n) is 12.1. The third kappa shape index (κ3) is 5.29. The Bertz CT molecular complexity index is 1360.